The lowest BCUT2D eigenvalue weighted by Crippen LogP contribution is -2.20. The molecule has 0 bridgehead atoms. The fourth-order valence-corrected chi connectivity index (χ4v) is 2.14. The molecule has 5 nitrogen and oxygen atoms in total. The maximum Gasteiger partial charge on any atom is 0.269 e. The third-order valence-electron chi connectivity index (χ3n) is 3.33. The molecule has 0 heterocycles. The monoisotopic (exact) mass is 300 g/mol. The van der Waals surface area contributed by atoms with E-state index in [0.29, 0.717) is 6.61 Å². The summed E-state index contributed by atoms with van der Waals surface area (Å²) in [6, 6.07) is 16.4. The second-order valence-electron chi connectivity index (χ2n) is 5.31. The van der Waals surface area contributed by atoms with Crippen molar-refractivity contribution < 1.29 is 9.66 Å². The highest BCUT2D eigenvalue weighted by molar-refractivity contribution is 5.37. The van der Waals surface area contributed by atoms with Crippen LogP contribution < -0.4 is 0 Å². The number of hydrogen-bond donors (Lipinski definition) is 0. The Balaban J connectivity index is 2.21. The number of ether oxygens (including phenoxy) is 1. The van der Waals surface area contributed by atoms with Crippen molar-refractivity contribution in [1.29, 1.82) is 0 Å². The van der Waals surface area contributed by atoms with E-state index in [0.717, 1.165) is 17.7 Å². The van der Waals surface area contributed by atoms with E-state index in [2.05, 4.69) is 4.90 Å². The number of rotatable bonds is 7. The molecule has 0 aromatic heterocycles. The van der Waals surface area contributed by atoms with Crippen LogP contribution in [0.2, 0.25) is 0 Å². The van der Waals surface area contributed by atoms with Gasteiger partial charge in [0.05, 0.1) is 11.5 Å². The zero-order chi connectivity index (χ0) is 15.9. The van der Waals surface area contributed by atoms with E-state index in [1.165, 1.54) is 12.1 Å². The van der Waals surface area contributed by atoms with Gasteiger partial charge in [0.15, 0.2) is 0 Å². The van der Waals surface area contributed by atoms with E-state index in [1.54, 1.807) is 12.1 Å². The highest BCUT2D eigenvalue weighted by atomic mass is 16.6. The molecule has 5 heteroatoms. The molecule has 0 fully saturated rings. The van der Waals surface area contributed by atoms with Gasteiger partial charge in [-0.1, -0.05) is 30.3 Å². The van der Waals surface area contributed by atoms with E-state index in [1.807, 2.05) is 44.4 Å². The first-order chi connectivity index (χ1) is 10.6. The SMILES string of the molecule is CN(C)CCOC(c1ccccc1)c1ccc([N+](=O)[O-])cc1. The molecule has 0 aliphatic heterocycles. The smallest absolute Gasteiger partial charge is 0.269 e. The fraction of sp³-hybridized carbons (Fsp3) is 0.294. The molecular weight excluding hydrogens is 280 g/mol. The van der Waals surface area contributed by atoms with E-state index >= 15 is 0 Å². The molecule has 0 spiro atoms. The van der Waals surface area contributed by atoms with Crippen LogP contribution in [-0.4, -0.2) is 37.1 Å². The van der Waals surface area contributed by atoms with Gasteiger partial charge >= 0.3 is 0 Å². The Kier molecular flexibility index (Phi) is 5.63. The molecule has 2 rings (SSSR count). The van der Waals surface area contributed by atoms with Gasteiger partial charge in [-0.25, -0.2) is 0 Å². The van der Waals surface area contributed by atoms with Gasteiger partial charge in [-0.3, -0.25) is 10.1 Å². The van der Waals surface area contributed by atoms with E-state index in [9.17, 15) is 10.1 Å². The minimum Gasteiger partial charge on any atom is -0.367 e. The lowest BCUT2D eigenvalue weighted by Gasteiger charge is -2.20. The van der Waals surface area contributed by atoms with Crippen LogP contribution in [0.5, 0.6) is 0 Å². The Morgan fingerprint density at radius 1 is 1.05 bits per heavy atom. The zero-order valence-electron chi connectivity index (χ0n) is 12.8. The number of nitro benzene ring substituents is 1. The zero-order valence-corrected chi connectivity index (χ0v) is 12.8. The van der Waals surface area contributed by atoms with Gasteiger partial charge in [0, 0.05) is 18.7 Å². The van der Waals surface area contributed by atoms with Gasteiger partial charge in [0.1, 0.15) is 6.10 Å². The predicted octanol–water partition coefficient (Wildman–Crippen LogP) is 3.26. The molecule has 0 aliphatic rings. The molecule has 116 valence electrons. The average Bonchev–Trinajstić information content (AvgIpc) is 2.52. The Hall–Kier alpha value is -2.24. The highest BCUT2D eigenvalue weighted by Gasteiger charge is 2.16. The number of likely N-dealkylation sites (N-methyl/N-ethyl adjacent to an activating group) is 1. The Bertz CT molecular complexity index is 597. The first-order valence-electron chi connectivity index (χ1n) is 7.13. The highest BCUT2D eigenvalue weighted by Crippen LogP contribution is 2.27. The lowest BCUT2D eigenvalue weighted by atomic mass is 10.0. The van der Waals surface area contributed by atoms with Crippen molar-refractivity contribution in [3.63, 3.8) is 0 Å². The fourth-order valence-electron chi connectivity index (χ4n) is 2.14. The second kappa shape index (κ2) is 7.68. The summed E-state index contributed by atoms with van der Waals surface area (Å²) in [6.45, 7) is 1.40. The maximum atomic E-state index is 10.8. The molecule has 0 saturated carbocycles. The summed E-state index contributed by atoms with van der Waals surface area (Å²) in [5.41, 5.74) is 2.04. The van der Waals surface area contributed by atoms with Gasteiger partial charge in [0.25, 0.3) is 5.69 Å². The van der Waals surface area contributed by atoms with Crippen LogP contribution >= 0.6 is 0 Å². The van der Waals surface area contributed by atoms with Crippen LogP contribution in [0.1, 0.15) is 17.2 Å². The Morgan fingerprint density at radius 2 is 1.64 bits per heavy atom. The molecule has 1 unspecified atom stereocenters. The van der Waals surface area contributed by atoms with E-state index < -0.39 is 4.92 Å². The number of nitrogens with zero attached hydrogens (tertiary/aromatic N) is 2. The number of benzene rings is 2. The molecular formula is C17H20N2O3. The van der Waals surface area contributed by atoms with Crippen molar-refractivity contribution in [2.75, 3.05) is 27.2 Å². The third kappa shape index (κ3) is 4.38. The number of hydrogen-bond acceptors (Lipinski definition) is 4. The van der Waals surface area contributed by atoms with Gasteiger partial charge in [-0.2, -0.15) is 0 Å². The van der Waals surface area contributed by atoms with Crippen molar-refractivity contribution in [3.8, 4) is 0 Å². The van der Waals surface area contributed by atoms with E-state index in [-0.39, 0.29) is 11.8 Å². The molecule has 0 saturated heterocycles. The molecule has 2 aromatic rings. The van der Waals surface area contributed by atoms with Crippen LogP contribution in [-0.2, 0) is 4.74 Å². The summed E-state index contributed by atoms with van der Waals surface area (Å²) in [5, 5.41) is 10.8. The molecule has 0 radical (unpaired) electrons. The molecule has 0 amide bonds. The van der Waals surface area contributed by atoms with Crippen LogP contribution in [0, 0.1) is 10.1 Å². The standard InChI is InChI=1S/C17H20N2O3/c1-18(2)12-13-22-17(14-6-4-3-5-7-14)15-8-10-16(11-9-15)19(20)21/h3-11,17H,12-13H2,1-2H3. The maximum absolute atomic E-state index is 10.8. The first-order valence-corrected chi connectivity index (χ1v) is 7.13. The van der Waals surface area contributed by atoms with Crippen molar-refractivity contribution in [1.82, 2.24) is 4.90 Å². The second-order valence-corrected chi connectivity index (χ2v) is 5.31. The van der Waals surface area contributed by atoms with Crippen LogP contribution in [0.4, 0.5) is 5.69 Å². The largest absolute Gasteiger partial charge is 0.367 e. The summed E-state index contributed by atoms with van der Waals surface area (Å²) >= 11 is 0. The minimum absolute atomic E-state index is 0.0869. The molecule has 0 aliphatic carbocycles. The quantitative estimate of drug-likeness (QED) is 0.582. The first kappa shape index (κ1) is 16.1. The van der Waals surface area contributed by atoms with Crippen molar-refractivity contribution >= 4 is 5.69 Å². The third-order valence-corrected chi connectivity index (χ3v) is 3.33. The van der Waals surface area contributed by atoms with Gasteiger partial charge in [-0.15, -0.1) is 0 Å². The summed E-state index contributed by atoms with van der Waals surface area (Å²) in [6.07, 6.45) is -0.220. The van der Waals surface area contributed by atoms with Crippen molar-refractivity contribution in [2.24, 2.45) is 0 Å². The summed E-state index contributed by atoms with van der Waals surface area (Å²) in [4.78, 5) is 12.4. The van der Waals surface area contributed by atoms with Gasteiger partial charge < -0.3 is 9.64 Å². The van der Waals surface area contributed by atoms with Crippen molar-refractivity contribution in [2.45, 2.75) is 6.10 Å². The van der Waals surface area contributed by atoms with Crippen LogP contribution in [0.25, 0.3) is 0 Å². The normalized spacial score (nSPS) is 12.3. The lowest BCUT2D eigenvalue weighted by molar-refractivity contribution is -0.384. The summed E-state index contributed by atoms with van der Waals surface area (Å²) in [5.74, 6) is 0. The van der Waals surface area contributed by atoms with Crippen LogP contribution in [0.15, 0.2) is 54.6 Å². The van der Waals surface area contributed by atoms with Gasteiger partial charge in [-0.05, 0) is 37.4 Å². The molecule has 2 aromatic carbocycles. The topological polar surface area (TPSA) is 55.6 Å². The minimum atomic E-state index is -0.395. The molecule has 0 N–H and O–H groups in total. The number of nitro groups is 1. The van der Waals surface area contributed by atoms with Crippen molar-refractivity contribution in [3.05, 3.63) is 75.8 Å². The predicted molar refractivity (Wildman–Crippen MR) is 85.9 cm³/mol. The Morgan fingerprint density at radius 3 is 2.18 bits per heavy atom. The summed E-state index contributed by atoms with van der Waals surface area (Å²) in [7, 11) is 3.99. The van der Waals surface area contributed by atoms with Gasteiger partial charge in [0.2, 0.25) is 0 Å². The Labute approximate surface area is 130 Å². The van der Waals surface area contributed by atoms with Crippen LogP contribution in [0.3, 0.4) is 0 Å². The average molecular weight is 300 g/mol. The molecule has 1 atom stereocenters. The molecule has 22 heavy (non-hydrogen) atoms. The van der Waals surface area contributed by atoms with E-state index in [4.69, 9.17) is 4.74 Å². The number of non-ortho nitro benzene ring substituents is 1. The summed E-state index contributed by atoms with van der Waals surface area (Å²) < 4.78 is 6.01.